The maximum Gasteiger partial charge on any atom is 0.422 e. The van der Waals surface area contributed by atoms with E-state index >= 15 is 0 Å². The van der Waals surface area contributed by atoms with Crippen molar-refractivity contribution in [3.05, 3.63) is 23.9 Å². The van der Waals surface area contributed by atoms with E-state index in [2.05, 4.69) is 20.4 Å². The first-order chi connectivity index (χ1) is 12.0. The van der Waals surface area contributed by atoms with Crippen LogP contribution in [0.25, 0.3) is 0 Å². The maximum atomic E-state index is 12.9. The Bertz CT molecular complexity index is 664. The van der Waals surface area contributed by atoms with Crippen molar-refractivity contribution in [3.8, 4) is 5.88 Å². The summed E-state index contributed by atoms with van der Waals surface area (Å²) in [6.45, 7) is -1.37. The highest BCUT2D eigenvalue weighted by molar-refractivity contribution is 5.74. The van der Waals surface area contributed by atoms with Crippen LogP contribution in [0.5, 0.6) is 5.88 Å². The van der Waals surface area contributed by atoms with Gasteiger partial charge in [-0.25, -0.2) is 18.6 Å². The summed E-state index contributed by atoms with van der Waals surface area (Å²) in [6.07, 6.45) is -2.32. The molecule has 2 amide bonds. The topological polar surface area (TPSA) is 63.2 Å². The Hall–Kier alpha value is -2.13. The molecule has 1 spiro atoms. The predicted octanol–water partition coefficient (Wildman–Crippen LogP) is 3.40. The van der Waals surface area contributed by atoms with Crippen LogP contribution in [-0.4, -0.2) is 35.8 Å². The predicted molar refractivity (Wildman–Crippen MR) is 80.8 cm³/mol. The molecule has 1 heterocycles. The largest absolute Gasteiger partial charge is 0.468 e. The lowest BCUT2D eigenvalue weighted by Gasteiger charge is -2.57. The van der Waals surface area contributed by atoms with Crippen LogP contribution in [0.2, 0.25) is 0 Å². The number of halogens is 5. The van der Waals surface area contributed by atoms with E-state index in [1.165, 1.54) is 18.3 Å². The highest BCUT2D eigenvalue weighted by Gasteiger charge is 2.61. The van der Waals surface area contributed by atoms with E-state index in [0.717, 1.165) is 0 Å². The molecule has 0 radical (unpaired) electrons. The number of carbonyl (C=O) groups excluding carboxylic acids is 1. The maximum absolute atomic E-state index is 12.9. The van der Waals surface area contributed by atoms with Crippen molar-refractivity contribution >= 4 is 6.03 Å². The number of pyridine rings is 1. The zero-order chi connectivity index (χ0) is 19.0. The normalized spacial score (nSPS) is 20.8. The first-order valence-corrected chi connectivity index (χ1v) is 8.11. The summed E-state index contributed by atoms with van der Waals surface area (Å²) in [4.78, 5) is 15.5. The Morgan fingerprint density at radius 1 is 1.31 bits per heavy atom. The van der Waals surface area contributed by atoms with Gasteiger partial charge in [0, 0.05) is 37.7 Å². The van der Waals surface area contributed by atoms with Gasteiger partial charge in [-0.1, -0.05) is 0 Å². The minimum absolute atomic E-state index is 0.0761. The van der Waals surface area contributed by atoms with Crippen LogP contribution in [0.1, 0.15) is 31.2 Å². The van der Waals surface area contributed by atoms with E-state index in [4.69, 9.17) is 0 Å². The molecule has 3 rings (SSSR count). The van der Waals surface area contributed by atoms with Crippen LogP contribution >= 0.6 is 0 Å². The number of urea groups is 1. The fourth-order valence-corrected chi connectivity index (χ4v) is 3.64. The Balaban J connectivity index is 1.38. The van der Waals surface area contributed by atoms with Crippen molar-refractivity contribution in [3.63, 3.8) is 0 Å². The first-order valence-electron chi connectivity index (χ1n) is 8.11. The molecule has 0 unspecified atom stereocenters. The lowest BCUT2D eigenvalue weighted by molar-refractivity contribution is -0.197. The Morgan fingerprint density at radius 3 is 2.62 bits per heavy atom. The Kier molecular flexibility index (Phi) is 4.70. The van der Waals surface area contributed by atoms with Crippen molar-refractivity contribution in [2.75, 3.05) is 6.61 Å². The fraction of sp³-hybridized carbons (Fsp3) is 0.625. The number of nitrogens with one attached hydrogen (secondary N) is 2. The summed E-state index contributed by atoms with van der Waals surface area (Å²) >= 11 is 0. The van der Waals surface area contributed by atoms with E-state index < -0.39 is 24.7 Å². The molecule has 0 atom stereocenters. The summed E-state index contributed by atoms with van der Waals surface area (Å²) in [5, 5.41) is 5.28. The van der Waals surface area contributed by atoms with Gasteiger partial charge in [-0.15, -0.1) is 0 Å². The summed E-state index contributed by atoms with van der Waals surface area (Å²) < 4.78 is 66.8. The second-order valence-corrected chi connectivity index (χ2v) is 7.05. The molecule has 0 aliphatic heterocycles. The monoisotopic (exact) mass is 379 g/mol. The molecule has 0 saturated heterocycles. The average molecular weight is 379 g/mol. The number of hydrogen-bond acceptors (Lipinski definition) is 3. The van der Waals surface area contributed by atoms with Crippen LogP contribution < -0.4 is 15.4 Å². The standard InChI is InChI=1S/C16H18F5N3O2/c17-15(18)7-14(8-15)4-11(5-14)24-13(25)23-6-10-1-2-22-12(3-10)26-9-16(19,20)21/h1-3,11H,4-9H2,(H2,23,24,25). The Morgan fingerprint density at radius 2 is 2.00 bits per heavy atom. The third-order valence-corrected chi connectivity index (χ3v) is 4.60. The average Bonchev–Trinajstić information content (AvgIpc) is 2.47. The number of amides is 2. The second-order valence-electron chi connectivity index (χ2n) is 7.05. The van der Waals surface area contributed by atoms with Crippen molar-refractivity contribution in [2.24, 2.45) is 5.41 Å². The third-order valence-electron chi connectivity index (χ3n) is 4.60. The molecule has 5 nitrogen and oxygen atoms in total. The summed E-state index contributed by atoms with van der Waals surface area (Å²) in [5.74, 6) is -2.76. The molecule has 0 bridgehead atoms. The number of nitrogens with zero attached hydrogens (tertiary/aromatic N) is 1. The zero-order valence-electron chi connectivity index (χ0n) is 13.7. The van der Waals surface area contributed by atoms with Crippen molar-refractivity contribution in [1.82, 2.24) is 15.6 Å². The van der Waals surface area contributed by atoms with Crippen LogP contribution in [0, 0.1) is 5.41 Å². The molecule has 2 aliphatic carbocycles. The van der Waals surface area contributed by atoms with Gasteiger partial charge in [-0.2, -0.15) is 13.2 Å². The molecular formula is C16H18F5N3O2. The smallest absolute Gasteiger partial charge is 0.422 e. The van der Waals surface area contributed by atoms with Gasteiger partial charge in [0.05, 0.1) is 0 Å². The molecule has 2 aliphatic rings. The number of carbonyl (C=O) groups is 1. The van der Waals surface area contributed by atoms with Crippen molar-refractivity contribution in [2.45, 2.75) is 50.4 Å². The zero-order valence-corrected chi connectivity index (χ0v) is 13.7. The van der Waals surface area contributed by atoms with Crippen molar-refractivity contribution in [1.29, 1.82) is 0 Å². The van der Waals surface area contributed by atoms with Gasteiger partial charge in [0.25, 0.3) is 0 Å². The molecule has 0 aromatic carbocycles. The highest BCUT2D eigenvalue weighted by atomic mass is 19.4. The van der Waals surface area contributed by atoms with Crippen LogP contribution in [0.3, 0.4) is 0 Å². The molecule has 2 N–H and O–H groups in total. The van der Waals surface area contributed by atoms with E-state index in [1.54, 1.807) is 0 Å². The first kappa shape index (κ1) is 18.7. The Labute approximate surface area is 146 Å². The van der Waals surface area contributed by atoms with Gasteiger partial charge < -0.3 is 15.4 Å². The van der Waals surface area contributed by atoms with Crippen LogP contribution in [-0.2, 0) is 6.54 Å². The molecule has 1 aromatic rings. The second kappa shape index (κ2) is 6.55. The lowest BCUT2D eigenvalue weighted by atomic mass is 9.52. The molecule has 26 heavy (non-hydrogen) atoms. The SMILES string of the molecule is O=C(NCc1ccnc(OCC(F)(F)F)c1)NC1CC2(C1)CC(F)(F)C2. The van der Waals surface area contributed by atoms with E-state index in [1.807, 2.05) is 0 Å². The molecule has 1 aromatic heterocycles. The number of alkyl halides is 5. The fourth-order valence-electron chi connectivity index (χ4n) is 3.64. The van der Waals surface area contributed by atoms with Gasteiger partial charge in [0.2, 0.25) is 11.8 Å². The highest BCUT2D eigenvalue weighted by Crippen LogP contribution is 2.62. The molecule has 144 valence electrons. The number of ether oxygens (including phenoxy) is 1. The third kappa shape index (κ3) is 4.73. The van der Waals surface area contributed by atoms with Gasteiger partial charge in [0.1, 0.15) is 0 Å². The summed E-state index contributed by atoms with van der Waals surface area (Å²) in [7, 11) is 0. The van der Waals surface area contributed by atoms with E-state index in [-0.39, 0.29) is 36.7 Å². The minimum Gasteiger partial charge on any atom is -0.468 e. The van der Waals surface area contributed by atoms with Crippen LogP contribution in [0.4, 0.5) is 26.7 Å². The van der Waals surface area contributed by atoms with Gasteiger partial charge in [0.15, 0.2) is 6.61 Å². The number of rotatable bonds is 5. The summed E-state index contributed by atoms with van der Waals surface area (Å²) in [6, 6.07) is 2.26. The summed E-state index contributed by atoms with van der Waals surface area (Å²) in [5.41, 5.74) is 0.202. The molecule has 10 heteroatoms. The van der Waals surface area contributed by atoms with Gasteiger partial charge >= 0.3 is 12.2 Å². The quantitative estimate of drug-likeness (QED) is 0.771. The van der Waals surface area contributed by atoms with E-state index in [0.29, 0.717) is 18.4 Å². The van der Waals surface area contributed by atoms with E-state index in [9.17, 15) is 26.7 Å². The molecular weight excluding hydrogens is 361 g/mol. The number of aromatic nitrogens is 1. The molecule has 2 fully saturated rings. The van der Waals surface area contributed by atoms with Gasteiger partial charge in [-0.3, -0.25) is 0 Å². The van der Waals surface area contributed by atoms with Crippen LogP contribution in [0.15, 0.2) is 18.3 Å². The van der Waals surface area contributed by atoms with Crippen molar-refractivity contribution < 1.29 is 31.5 Å². The number of hydrogen-bond donors (Lipinski definition) is 2. The minimum atomic E-state index is -4.46. The lowest BCUT2D eigenvalue weighted by Crippen LogP contribution is -2.60. The van der Waals surface area contributed by atoms with Gasteiger partial charge in [-0.05, 0) is 29.9 Å². The molecule has 2 saturated carbocycles.